The molecule has 0 saturated heterocycles. The zero-order valence-electron chi connectivity index (χ0n) is 13.0. The fraction of sp³-hybridized carbons (Fsp3) is 0.467. The first-order chi connectivity index (χ1) is 10.4. The van der Waals surface area contributed by atoms with Crippen LogP contribution in [-0.4, -0.2) is 37.6 Å². The molecule has 1 amide bonds. The van der Waals surface area contributed by atoms with E-state index in [2.05, 4.69) is 15.4 Å². The van der Waals surface area contributed by atoms with Gasteiger partial charge in [0.05, 0.1) is 12.6 Å². The second-order valence-electron chi connectivity index (χ2n) is 5.39. The number of aryl methyl sites for hydroxylation is 2. The third kappa shape index (κ3) is 3.41. The molecule has 2 aromatic heterocycles. The van der Waals surface area contributed by atoms with Gasteiger partial charge in [0.1, 0.15) is 5.56 Å². The zero-order valence-corrected chi connectivity index (χ0v) is 13.0. The lowest BCUT2D eigenvalue weighted by Gasteiger charge is -2.15. The summed E-state index contributed by atoms with van der Waals surface area (Å²) in [7, 11) is 0. The Kier molecular flexibility index (Phi) is 4.75. The number of aromatic nitrogens is 3. The number of aliphatic carboxylic acids is 1. The van der Waals surface area contributed by atoms with Crippen LogP contribution in [0.5, 0.6) is 0 Å². The number of fused-ring (bicyclic) bond motifs is 1. The highest BCUT2D eigenvalue weighted by Crippen LogP contribution is 2.13. The maximum atomic E-state index is 12.4. The van der Waals surface area contributed by atoms with Crippen molar-refractivity contribution in [2.24, 2.45) is 0 Å². The lowest BCUT2D eigenvalue weighted by atomic mass is 10.1. The van der Waals surface area contributed by atoms with Gasteiger partial charge < -0.3 is 10.4 Å². The van der Waals surface area contributed by atoms with Crippen molar-refractivity contribution in [3.8, 4) is 0 Å². The second kappa shape index (κ2) is 6.55. The van der Waals surface area contributed by atoms with Crippen molar-refractivity contribution in [1.82, 2.24) is 19.9 Å². The van der Waals surface area contributed by atoms with Gasteiger partial charge >= 0.3 is 5.97 Å². The van der Waals surface area contributed by atoms with Gasteiger partial charge in [-0.1, -0.05) is 13.3 Å². The van der Waals surface area contributed by atoms with Crippen molar-refractivity contribution in [2.75, 3.05) is 0 Å². The van der Waals surface area contributed by atoms with E-state index in [1.807, 2.05) is 26.8 Å². The van der Waals surface area contributed by atoms with Crippen LogP contribution in [0.4, 0.5) is 0 Å². The summed E-state index contributed by atoms with van der Waals surface area (Å²) in [6, 6.07) is 1.49. The number of carbonyl (C=O) groups excluding carboxylic acids is 1. The Hall–Kier alpha value is -2.44. The topological polar surface area (TPSA) is 96.6 Å². The van der Waals surface area contributed by atoms with Gasteiger partial charge in [0.15, 0.2) is 5.65 Å². The third-order valence-corrected chi connectivity index (χ3v) is 3.42. The minimum Gasteiger partial charge on any atom is -0.481 e. The quantitative estimate of drug-likeness (QED) is 0.847. The molecular weight excluding hydrogens is 284 g/mol. The average Bonchev–Trinajstić information content (AvgIpc) is 2.82. The van der Waals surface area contributed by atoms with Gasteiger partial charge in [-0.15, -0.1) is 0 Å². The molecule has 22 heavy (non-hydrogen) atoms. The average molecular weight is 304 g/mol. The SMILES string of the molecule is CCCC(CC(=O)O)NC(=O)c1cnn2c(C)cc(C)nc12. The van der Waals surface area contributed by atoms with Gasteiger partial charge in [-0.2, -0.15) is 5.10 Å². The summed E-state index contributed by atoms with van der Waals surface area (Å²) in [5.41, 5.74) is 2.53. The van der Waals surface area contributed by atoms with Crippen molar-refractivity contribution in [2.45, 2.75) is 46.1 Å². The number of amides is 1. The van der Waals surface area contributed by atoms with Gasteiger partial charge in [-0.05, 0) is 26.3 Å². The first kappa shape index (κ1) is 15.9. The smallest absolute Gasteiger partial charge is 0.305 e. The number of carbonyl (C=O) groups is 2. The van der Waals surface area contributed by atoms with E-state index in [9.17, 15) is 9.59 Å². The number of nitrogens with zero attached hydrogens (tertiary/aromatic N) is 3. The van der Waals surface area contributed by atoms with E-state index in [4.69, 9.17) is 5.11 Å². The van der Waals surface area contributed by atoms with Gasteiger partial charge in [0.2, 0.25) is 0 Å². The first-order valence-corrected chi connectivity index (χ1v) is 7.27. The Labute approximate surface area is 128 Å². The summed E-state index contributed by atoms with van der Waals surface area (Å²) in [5.74, 6) is -1.27. The van der Waals surface area contributed by atoms with Gasteiger partial charge in [0, 0.05) is 17.4 Å². The minimum atomic E-state index is -0.927. The number of hydrogen-bond donors (Lipinski definition) is 2. The summed E-state index contributed by atoms with van der Waals surface area (Å²) < 4.78 is 1.61. The lowest BCUT2D eigenvalue weighted by molar-refractivity contribution is -0.137. The van der Waals surface area contributed by atoms with E-state index in [-0.39, 0.29) is 12.3 Å². The van der Waals surface area contributed by atoms with Crippen LogP contribution in [0.15, 0.2) is 12.3 Å². The van der Waals surface area contributed by atoms with Crippen LogP contribution in [0.25, 0.3) is 5.65 Å². The molecule has 1 unspecified atom stereocenters. The number of hydrogen-bond acceptors (Lipinski definition) is 4. The molecule has 0 aromatic carbocycles. The van der Waals surface area contributed by atoms with Crippen molar-refractivity contribution in [1.29, 1.82) is 0 Å². The molecule has 2 N–H and O–H groups in total. The maximum absolute atomic E-state index is 12.4. The Morgan fingerprint density at radius 2 is 2.14 bits per heavy atom. The van der Waals surface area contributed by atoms with Crippen LogP contribution < -0.4 is 5.32 Å². The molecule has 2 heterocycles. The third-order valence-electron chi connectivity index (χ3n) is 3.42. The van der Waals surface area contributed by atoms with Crippen molar-refractivity contribution < 1.29 is 14.7 Å². The molecule has 0 saturated carbocycles. The van der Waals surface area contributed by atoms with Crippen molar-refractivity contribution >= 4 is 17.5 Å². The molecule has 0 radical (unpaired) electrons. The van der Waals surface area contributed by atoms with Crippen LogP contribution in [-0.2, 0) is 4.79 Å². The molecule has 0 aliphatic heterocycles. The van der Waals surface area contributed by atoms with Crippen molar-refractivity contribution in [3.05, 3.63) is 29.2 Å². The number of rotatable bonds is 6. The van der Waals surface area contributed by atoms with E-state index < -0.39 is 12.0 Å². The maximum Gasteiger partial charge on any atom is 0.305 e. The first-order valence-electron chi connectivity index (χ1n) is 7.27. The second-order valence-corrected chi connectivity index (χ2v) is 5.39. The summed E-state index contributed by atoms with van der Waals surface area (Å²) >= 11 is 0. The monoisotopic (exact) mass is 304 g/mol. The molecule has 2 rings (SSSR count). The molecular formula is C15H20N4O3. The summed E-state index contributed by atoms with van der Waals surface area (Å²) in [4.78, 5) is 27.6. The number of nitrogens with one attached hydrogen (secondary N) is 1. The molecule has 118 valence electrons. The standard InChI is InChI=1S/C15H20N4O3/c1-4-5-11(7-13(20)21)18-15(22)12-8-16-19-10(3)6-9(2)17-14(12)19/h6,8,11H,4-5,7H2,1-3H3,(H,18,22)(H,20,21). The van der Waals surface area contributed by atoms with Crippen molar-refractivity contribution in [3.63, 3.8) is 0 Å². The van der Waals surface area contributed by atoms with Gasteiger partial charge in [0.25, 0.3) is 5.91 Å². The fourth-order valence-electron chi connectivity index (χ4n) is 2.48. The van der Waals surface area contributed by atoms with Gasteiger partial charge in [-0.3, -0.25) is 9.59 Å². The van der Waals surface area contributed by atoms with Crippen LogP contribution in [0.1, 0.15) is 47.9 Å². The highest BCUT2D eigenvalue weighted by atomic mass is 16.4. The molecule has 1 atom stereocenters. The molecule has 2 aromatic rings. The molecule has 7 heteroatoms. The number of carboxylic acid groups (broad SMARTS) is 1. The normalized spacial score (nSPS) is 12.3. The van der Waals surface area contributed by atoms with E-state index >= 15 is 0 Å². The van der Waals surface area contributed by atoms with Crippen LogP contribution >= 0.6 is 0 Å². The Morgan fingerprint density at radius 1 is 1.41 bits per heavy atom. The highest BCUT2D eigenvalue weighted by molar-refractivity contribution is 6.00. The van der Waals surface area contributed by atoms with Gasteiger partial charge in [-0.25, -0.2) is 9.50 Å². The van der Waals surface area contributed by atoms with Crippen LogP contribution in [0.3, 0.4) is 0 Å². The Bertz CT molecular complexity index is 708. The van der Waals surface area contributed by atoms with E-state index in [0.29, 0.717) is 17.6 Å². The lowest BCUT2D eigenvalue weighted by Crippen LogP contribution is -2.36. The minimum absolute atomic E-state index is 0.0930. The summed E-state index contributed by atoms with van der Waals surface area (Å²) in [6.45, 7) is 5.69. The van der Waals surface area contributed by atoms with E-state index in [0.717, 1.165) is 17.8 Å². The van der Waals surface area contributed by atoms with E-state index in [1.165, 1.54) is 6.20 Å². The molecule has 0 aliphatic rings. The zero-order chi connectivity index (χ0) is 16.3. The molecule has 0 aliphatic carbocycles. The Morgan fingerprint density at radius 3 is 2.77 bits per heavy atom. The molecule has 7 nitrogen and oxygen atoms in total. The van der Waals surface area contributed by atoms with E-state index in [1.54, 1.807) is 4.52 Å². The molecule has 0 fully saturated rings. The predicted molar refractivity (Wildman–Crippen MR) is 80.9 cm³/mol. The summed E-state index contributed by atoms with van der Waals surface area (Å²) in [5, 5.41) is 15.9. The molecule has 0 spiro atoms. The molecule has 0 bridgehead atoms. The predicted octanol–water partition coefficient (Wildman–Crippen LogP) is 1.72. The number of carboxylic acids is 1. The largest absolute Gasteiger partial charge is 0.481 e. The highest BCUT2D eigenvalue weighted by Gasteiger charge is 2.20. The Balaban J connectivity index is 2.27. The van der Waals surface area contributed by atoms with Crippen LogP contribution in [0.2, 0.25) is 0 Å². The fourth-order valence-corrected chi connectivity index (χ4v) is 2.48. The van der Waals surface area contributed by atoms with Crippen LogP contribution in [0, 0.1) is 13.8 Å². The summed E-state index contributed by atoms with van der Waals surface area (Å²) in [6.07, 6.45) is 2.78.